The number of amides is 3. The highest BCUT2D eigenvalue weighted by atomic mass is 16.5. The Hall–Kier alpha value is -3.68. The standard InChI is InChI=1S/C22H22N2O6/c1-3-29-18-7-5-4-6-17(18)23-21(27)14(2)30-22(28)15-8-10-16(11-9-15)24-19(25)12-13-20(24)26/h4-11,14H,3,12-13H2,1-2H3,(H,23,27). The molecule has 3 rings (SSSR count). The predicted octanol–water partition coefficient (Wildman–Crippen LogP) is 2.92. The van der Waals surface area contributed by atoms with Crippen molar-refractivity contribution in [1.82, 2.24) is 0 Å². The Kier molecular flexibility index (Phi) is 6.46. The second-order valence-electron chi connectivity index (χ2n) is 6.64. The van der Waals surface area contributed by atoms with Crippen molar-refractivity contribution in [2.24, 2.45) is 0 Å². The third kappa shape index (κ3) is 4.65. The van der Waals surface area contributed by atoms with E-state index in [0.29, 0.717) is 23.7 Å². The highest BCUT2D eigenvalue weighted by Crippen LogP contribution is 2.25. The lowest BCUT2D eigenvalue weighted by Gasteiger charge is -2.16. The number of rotatable bonds is 7. The lowest BCUT2D eigenvalue weighted by atomic mass is 10.2. The summed E-state index contributed by atoms with van der Waals surface area (Å²) in [4.78, 5) is 49.5. The third-order valence-electron chi connectivity index (χ3n) is 4.51. The van der Waals surface area contributed by atoms with Crippen LogP contribution in [0.3, 0.4) is 0 Å². The van der Waals surface area contributed by atoms with Crippen molar-refractivity contribution in [3.8, 4) is 5.75 Å². The van der Waals surface area contributed by atoms with Crippen LogP contribution in [0, 0.1) is 0 Å². The van der Waals surface area contributed by atoms with Crippen LogP contribution in [-0.4, -0.2) is 36.4 Å². The van der Waals surface area contributed by atoms with Crippen molar-refractivity contribution >= 4 is 35.1 Å². The maximum atomic E-state index is 12.4. The molecular formula is C22H22N2O6. The highest BCUT2D eigenvalue weighted by Gasteiger charge is 2.30. The van der Waals surface area contributed by atoms with Gasteiger partial charge in [-0.15, -0.1) is 0 Å². The van der Waals surface area contributed by atoms with Crippen LogP contribution in [-0.2, 0) is 19.1 Å². The molecule has 0 bridgehead atoms. The van der Waals surface area contributed by atoms with Gasteiger partial charge in [-0.1, -0.05) is 12.1 Å². The maximum absolute atomic E-state index is 12.4. The molecular weight excluding hydrogens is 388 g/mol. The molecule has 2 aromatic carbocycles. The molecule has 0 radical (unpaired) electrons. The van der Waals surface area contributed by atoms with E-state index in [0.717, 1.165) is 4.90 Å². The molecule has 1 N–H and O–H groups in total. The summed E-state index contributed by atoms with van der Waals surface area (Å²) in [5, 5.41) is 2.69. The summed E-state index contributed by atoms with van der Waals surface area (Å²) in [5.41, 5.74) is 1.08. The molecule has 1 saturated heterocycles. The third-order valence-corrected chi connectivity index (χ3v) is 4.51. The summed E-state index contributed by atoms with van der Waals surface area (Å²) < 4.78 is 10.7. The van der Waals surface area contributed by atoms with Gasteiger partial charge in [0.1, 0.15) is 5.75 Å². The average molecular weight is 410 g/mol. The summed E-state index contributed by atoms with van der Waals surface area (Å²) in [6.07, 6.45) is -0.683. The molecule has 0 aromatic heterocycles. The van der Waals surface area contributed by atoms with Crippen molar-refractivity contribution in [3.05, 3.63) is 54.1 Å². The topological polar surface area (TPSA) is 102 Å². The molecule has 30 heavy (non-hydrogen) atoms. The van der Waals surface area contributed by atoms with Gasteiger partial charge < -0.3 is 14.8 Å². The molecule has 1 aliphatic heterocycles. The zero-order chi connectivity index (χ0) is 21.7. The molecule has 2 aromatic rings. The molecule has 156 valence electrons. The first-order chi connectivity index (χ1) is 14.4. The van der Waals surface area contributed by atoms with E-state index in [1.165, 1.54) is 31.2 Å². The van der Waals surface area contributed by atoms with E-state index in [4.69, 9.17) is 9.47 Å². The van der Waals surface area contributed by atoms with Crippen molar-refractivity contribution in [2.45, 2.75) is 32.8 Å². The van der Waals surface area contributed by atoms with Crippen LogP contribution in [0.15, 0.2) is 48.5 Å². The van der Waals surface area contributed by atoms with E-state index < -0.39 is 18.0 Å². The second kappa shape index (κ2) is 9.21. The number of nitrogens with zero attached hydrogens (tertiary/aromatic N) is 1. The molecule has 0 aliphatic carbocycles. The number of anilines is 2. The SMILES string of the molecule is CCOc1ccccc1NC(=O)C(C)OC(=O)c1ccc(N2C(=O)CCC2=O)cc1. The van der Waals surface area contributed by atoms with Gasteiger partial charge in [-0.05, 0) is 50.2 Å². The van der Waals surface area contributed by atoms with Gasteiger partial charge in [0.25, 0.3) is 5.91 Å². The van der Waals surface area contributed by atoms with E-state index in [1.54, 1.807) is 24.3 Å². The Morgan fingerprint density at radius 2 is 1.67 bits per heavy atom. The molecule has 1 unspecified atom stereocenters. The largest absolute Gasteiger partial charge is 0.492 e. The van der Waals surface area contributed by atoms with E-state index in [2.05, 4.69) is 5.32 Å². The fourth-order valence-corrected chi connectivity index (χ4v) is 2.98. The number of hydrogen-bond donors (Lipinski definition) is 1. The fourth-order valence-electron chi connectivity index (χ4n) is 2.98. The van der Waals surface area contributed by atoms with Crippen molar-refractivity contribution in [3.63, 3.8) is 0 Å². The van der Waals surface area contributed by atoms with Crippen LogP contribution in [0.2, 0.25) is 0 Å². The van der Waals surface area contributed by atoms with E-state index in [9.17, 15) is 19.2 Å². The molecule has 1 atom stereocenters. The quantitative estimate of drug-likeness (QED) is 0.556. The van der Waals surface area contributed by atoms with Crippen LogP contribution in [0.1, 0.15) is 37.0 Å². The molecule has 8 heteroatoms. The average Bonchev–Trinajstić information content (AvgIpc) is 3.07. The number of nitrogens with one attached hydrogen (secondary N) is 1. The van der Waals surface area contributed by atoms with Crippen LogP contribution < -0.4 is 15.0 Å². The van der Waals surface area contributed by atoms with Gasteiger partial charge in [-0.25, -0.2) is 4.79 Å². The number of ether oxygens (including phenoxy) is 2. The first-order valence-electron chi connectivity index (χ1n) is 9.60. The van der Waals surface area contributed by atoms with Crippen LogP contribution in [0.4, 0.5) is 11.4 Å². The summed E-state index contributed by atoms with van der Waals surface area (Å²) in [7, 11) is 0. The Labute approximate surface area is 173 Å². The van der Waals surface area contributed by atoms with Crippen LogP contribution in [0.5, 0.6) is 5.75 Å². The first kappa shape index (κ1) is 21.0. The Morgan fingerprint density at radius 3 is 2.30 bits per heavy atom. The van der Waals surface area contributed by atoms with Crippen molar-refractivity contribution < 1.29 is 28.7 Å². The van der Waals surface area contributed by atoms with E-state index in [-0.39, 0.29) is 30.2 Å². The number of carbonyl (C=O) groups is 4. The smallest absolute Gasteiger partial charge is 0.338 e. The first-order valence-corrected chi connectivity index (χ1v) is 9.60. The Bertz CT molecular complexity index is 954. The zero-order valence-corrected chi connectivity index (χ0v) is 16.7. The predicted molar refractivity (Wildman–Crippen MR) is 109 cm³/mol. The number of carbonyl (C=O) groups excluding carboxylic acids is 4. The number of esters is 1. The van der Waals surface area contributed by atoms with Crippen molar-refractivity contribution in [2.75, 3.05) is 16.8 Å². The molecule has 1 heterocycles. The van der Waals surface area contributed by atoms with Gasteiger partial charge in [0.05, 0.1) is 23.5 Å². The fraction of sp³-hybridized carbons (Fsp3) is 0.273. The summed E-state index contributed by atoms with van der Waals surface area (Å²) in [5.74, 6) is -1.21. The minimum Gasteiger partial charge on any atom is -0.492 e. The summed E-state index contributed by atoms with van der Waals surface area (Å²) in [6, 6.07) is 12.9. The molecule has 0 spiro atoms. The number of para-hydroxylation sites is 2. The maximum Gasteiger partial charge on any atom is 0.338 e. The molecule has 8 nitrogen and oxygen atoms in total. The summed E-state index contributed by atoms with van der Waals surface area (Å²) in [6.45, 7) is 3.75. The monoisotopic (exact) mass is 410 g/mol. The van der Waals surface area contributed by atoms with Gasteiger partial charge in [-0.2, -0.15) is 0 Å². The van der Waals surface area contributed by atoms with Gasteiger partial charge in [0, 0.05) is 12.8 Å². The molecule has 1 aliphatic rings. The lowest BCUT2D eigenvalue weighted by Crippen LogP contribution is -2.30. The Balaban J connectivity index is 1.62. The second-order valence-corrected chi connectivity index (χ2v) is 6.64. The Morgan fingerprint density at radius 1 is 1.03 bits per heavy atom. The summed E-state index contributed by atoms with van der Waals surface area (Å²) >= 11 is 0. The normalized spacial score (nSPS) is 14.4. The van der Waals surface area contributed by atoms with Gasteiger partial charge in [0.15, 0.2) is 6.10 Å². The molecule has 0 saturated carbocycles. The van der Waals surface area contributed by atoms with Crippen LogP contribution >= 0.6 is 0 Å². The number of hydrogen-bond acceptors (Lipinski definition) is 6. The molecule has 1 fully saturated rings. The minimum atomic E-state index is -1.05. The van der Waals surface area contributed by atoms with Gasteiger partial charge in [-0.3, -0.25) is 19.3 Å². The number of benzene rings is 2. The van der Waals surface area contributed by atoms with Gasteiger partial charge >= 0.3 is 5.97 Å². The van der Waals surface area contributed by atoms with Gasteiger partial charge in [0.2, 0.25) is 11.8 Å². The van der Waals surface area contributed by atoms with E-state index in [1.807, 2.05) is 6.92 Å². The van der Waals surface area contributed by atoms with E-state index >= 15 is 0 Å². The molecule has 3 amide bonds. The van der Waals surface area contributed by atoms with Crippen molar-refractivity contribution in [1.29, 1.82) is 0 Å². The number of imide groups is 1. The highest BCUT2D eigenvalue weighted by molar-refractivity contribution is 6.19. The lowest BCUT2D eigenvalue weighted by molar-refractivity contribution is -0.124. The minimum absolute atomic E-state index is 0.182. The zero-order valence-electron chi connectivity index (χ0n) is 16.7. The van der Waals surface area contributed by atoms with Crippen LogP contribution in [0.25, 0.3) is 0 Å².